The number of hydrogen-bond donors (Lipinski definition) is 2. The molecule has 100 valence electrons. The summed E-state index contributed by atoms with van der Waals surface area (Å²) < 4.78 is 11.1. The van der Waals surface area contributed by atoms with Crippen molar-refractivity contribution in [2.24, 2.45) is 0 Å². The van der Waals surface area contributed by atoms with E-state index >= 15 is 0 Å². The van der Waals surface area contributed by atoms with Gasteiger partial charge < -0.3 is 15.3 Å². The van der Waals surface area contributed by atoms with Crippen molar-refractivity contribution in [3.8, 4) is 0 Å². The fourth-order valence-corrected chi connectivity index (χ4v) is 1.46. The average Bonchev–Trinajstić information content (AvgIpc) is 2.23. The Labute approximate surface area is 104 Å². The summed E-state index contributed by atoms with van der Waals surface area (Å²) in [5.41, 5.74) is 0. The van der Waals surface area contributed by atoms with Gasteiger partial charge in [-0.05, 0) is 13.3 Å². The largest absolute Gasteiger partial charge is 0.480 e. The van der Waals surface area contributed by atoms with Gasteiger partial charge in [0.15, 0.2) is 0 Å². The molecule has 2 unspecified atom stereocenters. The molecule has 0 radical (unpaired) electrons. The second-order valence-electron chi connectivity index (χ2n) is 3.81. The molecule has 2 atom stereocenters. The Morgan fingerprint density at radius 2 is 2.06 bits per heavy atom. The van der Waals surface area contributed by atoms with E-state index < -0.39 is 22.8 Å². The SMILES string of the molecule is CCCN(CC(=O)O)C(=O)NCC(C)S(C)=O. The van der Waals surface area contributed by atoms with Crippen molar-refractivity contribution in [2.45, 2.75) is 25.5 Å². The molecule has 2 amide bonds. The molecule has 0 aliphatic carbocycles. The van der Waals surface area contributed by atoms with E-state index in [4.69, 9.17) is 5.11 Å². The van der Waals surface area contributed by atoms with Crippen LogP contribution < -0.4 is 5.32 Å². The molecule has 0 aliphatic heterocycles. The van der Waals surface area contributed by atoms with Crippen molar-refractivity contribution in [3.05, 3.63) is 0 Å². The quantitative estimate of drug-likeness (QED) is 0.690. The second-order valence-corrected chi connectivity index (χ2v) is 5.61. The van der Waals surface area contributed by atoms with Crippen LogP contribution in [-0.4, -0.2) is 57.4 Å². The lowest BCUT2D eigenvalue weighted by molar-refractivity contribution is -0.137. The van der Waals surface area contributed by atoms with Gasteiger partial charge in [-0.1, -0.05) is 6.92 Å². The van der Waals surface area contributed by atoms with E-state index in [1.807, 2.05) is 6.92 Å². The van der Waals surface area contributed by atoms with E-state index in [0.29, 0.717) is 13.0 Å². The minimum Gasteiger partial charge on any atom is -0.480 e. The molecule has 6 nitrogen and oxygen atoms in total. The summed E-state index contributed by atoms with van der Waals surface area (Å²) in [6, 6.07) is -0.424. The Bertz CT molecular complexity index is 296. The van der Waals surface area contributed by atoms with Crippen LogP contribution >= 0.6 is 0 Å². The molecule has 0 aromatic carbocycles. The summed E-state index contributed by atoms with van der Waals surface area (Å²) >= 11 is 0. The summed E-state index contributed by atoms with van der Waals surface area (Å²) in [6.45, 7) is 3.98. The van der Waals surface area contributed by atoms with Crippen LogP contribution in [0.4, 0.5) is 4.79 Å². The third kappa shape index (κ3) is 6.93. The van der Waals surface area contributed by atoms with Crippen molar-refractivity contribution < 1.29 is 18.9 Å². The van der Waals surface area contributed by atoms with Crippen molar-refractivity contribution in [3.63, 3.8) is 0 Å². The fraction of sp³-hybridized carbons (Fsp3) is 0.800. The van der Waals surface area contributed by atoms with Crippen LogP contribution in [-0.2, 0) is 15.6 Å². The molecular formula is C10H20N2O4S. The van der Waals surface area contributed by atoms with Crippen LogP contribution in [0.15, 0.2) is 0 Å². The van der Waals surface area contributed by atoms with E-state index in [2.05, 4.69) is 5.32 Å². The zero-order valence-corrected chi connectivity index (χ0v) is 11.2. The van der Waals surface area contributed by atoms with Gasteiger partial charge in [0.2, 0.25) is 0 Å². The number of aliphatic carboxylic acids is 1. The highest BCUT2D eigenvalue weighted by molar-refractivity contribution is 7.84. The minimum atomic E-state index is -1.04. The number of urea groups is 1. The summed E-state index contributed by atoms with van der Waals surface area (Å²) in [5.74, 6) is -1.04. The number of hydrogen-bond acceptors (Lipinski definition) is 3. The molecule has 0 aromatic rings. The molecule has 2 N–H and O–H groups in total. The zero-order chi connectivity index (χ0) is 13.4. The van der Waals surface area contributed by atoms with E-state index in [0.717, 1.165) is 0 Å². The number of carboxylic acids is 1. The van der Waals surface area contributed by atoms with Gasteiger partial charge in [-0.3, -0.25) is 9.00 Å². The van der Waals surface area contributed by atoms with Gasteiger partial charge in [0.1, 0.15) is 6.54 Å². The van der Waals surface area contributed by atoms with Gasteiger partial charge in [-0.25, -0.2) is 4.79 Å². The number of rotatable bonds is 7. The molecule has 0 rings (SSSR count). The summed E-state index contributed by atoms with van der Waals surface area (Å²) in [7, 11) is -1.00. The summed E-state index contributed by atoms with van der Waals surface area (Å²) in [4.78, 5) is 23.4. The number of carboxylic acid groups (broad SMARTS) is 1. The number of amides is 2. The van der Waals surface area contributed by atoms with Gasteiger partial charge in [0.05, 0.1) is 0 Å². The zero-order valence-electron chi connectivity index (χ0n) is 10.4. The van der Waals surface area contributed by atoms with Crippen LogP contribution in [0.1, 0.15) is 20.3 Å². The smallest absolute Gasteiger partial charge is 0.323 e. The van der Waals surface area contributed by atoms with Crippen molar-refractivity contribution in [2.75, 3.05) is 25.9 Å². The summed E-state index contributed by atoms with van der Waals surface area (Å²) in [6.07, 6.45) is 2.26. The Morgan fingerprint density at radius 3 is 2.47 bits per heavy atom. The van der Waals surface area contributed by atoms with E-state index in [9.17, 15) is 13.8 Å². The molecule has 0 aliphatic rings. The van der Waals surface area contributed by atoms with Gasteiger partial charge in [0.25, 0.3) is 0 Å². The number of carbonyl (C=O) groups is 2. The Balaban J connectivity index is 4.22. The predicted molar refractivity (Wildman–Crippen MR) is 66.4 cm³/mol. The lowest BCUT2D eigenvalue weighted by atomic mass is 10.4. The molecular weight excluding hydrogens is 244 g/mol. The van der Waals surface area contributed by atoms with Crippen LogP contribution in [0.5, 0.6) is 0 Å². The fourth-order valence-electron chi connectivity index (χ4n) is 1.15. The molecule has 0 heterocycles. The van der Waals surface area contributed by atoms with E-state index in [1.54, 1.807) is 13.2 Å². The maximum atomic E-state index is 11.6. The van der Waals surface area contributed by atoms with Gasteiger partial charge in [-0.2, -0.15) is 0 Å². The third-order valence-corrected chi connectivity index (χ3v) is 3.51. The van der Waals surface area contributed by atoms with Crippen molar-refractivity contribution in [1.29, 1.82) is 0 Å². The first-order valence-electron chi connectivity index (χ1n) is 5.45. The first-order valence-corrected chi connectivity index (χ1v) is 7.07. The highest BCUT2D eigenvalue weighted by atomic mass is 32.2. The van der Waals surface area contributed by atoms with E-state index in [1.165, 1.54) is 4.90 Å². The third-order valence-electron chi connectivity index (χ3n) is 2.21. The van der Waals surface area contributed by atoms with Gasteiger partial charge in [-0.15, -0.1) is 0 Å². The molecule has 7 heteroatoms. The first kappa shape index (κ1) is 15.9. The normalized spacial score (nSPS) is 13.8. The lowest BCUT2D eigenvalue weighted by Gasteiger charge is -2.21. The number of carbonyl (C=O) groups excluding carboxylic acids is 1. The Kier molecular flexibility index (Phi) is 7.53. The van der Waals surface area contributed by atoms with Crippen LogP contribution in [0.3, 0.4) is 0 Å². The average molecular weight is 264 g/mol. The summed E-state index contributed by atoms with van der Waals surface area (Å²) in [5, 5.41) is 11.1. The lowest BCUT2D eigenvalue weighted by Crippen LogP contribution is -2.45. The van der Waals surface area contributed by atoms with Gasteiger partial charge >= 0.3 is 12.0 Å². The topological polar surface area (TPSA) is 86.7 Å². The molecule has 0 bridgehead atoms. The standard InChI is InChI=1S/C10H20N2O4S/c1-4-5-12(7-9(13)14)10(15)11-6-8(2)17(3)16/h8H,4-7H2,1-3H3,(H,11,15)(H,13,14). The Morgan fingerprint density at radius 1 is 1.47 bits per heavy atom. The van der Waals surface area contributed by atoms with Crippen LogP contribution in [0.2, 0.25) is 0 Å². The monoisotopic (exact) mass is 264 g/mol. The maximum Gasteiger partial charge on any atom is 0.323 e. The maximum absolute atomic E-state index is 11.6. The van der Waals surface area contributed by atoms with Crippen LogP contribution in [0.25, 0.3) is 0 Å². The molecule has 0 fully saturated rings. The van der Waals surface area contributed by atoms with Gasteiger partial charge in [0, 0.05) is 35.4 Å². The molecule has 0 spiro atoms. The number of nitrogens with one attached hydrogen (secondary N) is 1. The minimum absolute atomic E-state index is 0.146. The highest BCUT2D eigenvalue weighted by Gasteiger charge is 2.16. The number of nitrogens with zero attached hydrogens (tertiary/aromatic N) is 1. The first-order chi connectivity index (χ1) is 7.88. The highest BCUT2D eigenvalue weighted by Crippen LogP contribution is 1.95. The van der Waals surface area contributed by atoms with E-state index in [-0.39, 0.29) is 18.3 Å². The molecule has 0 saturated carbocycles. The Hall–Kier alpha value is -1.11. The van der Waals surface area contributed by atoms with Crippen molar-refractivity contribution >= 4 is 22.8 Å². The second kappa shape index (κ2) is 8.05. The molecule has 0 saturated heterocycles. The van der Waals surface area contributed by atoms with Crippen LogP contribution in [0, 0.1) is 0 Å². The van der Waals surface area contributed by atoms with Crippen molar-refractivity contribution in [1.82, 2.24) is 10.2 Å². The predicted octanol–water partition coefficient (Wildman–Crippen LogP) is 0.260. The molecule has 0 aromatic heterocycles. The molecule has 17 heavy (non-hydrogen) atoms.